The first kappa shape index (κ1) is 17.6. The normalized spacial score (nSPS) is 17.8. The number of hydrogen-bond donors (Lipinski definition) is 2. The first-order chi connectivity index (χ1) is 11.9. The van der Waals surface area contributed by atoms with Gasteiger partial charge in [-0.2, -0.15) is 5.10 Å². The third kappa shape index (κ3) is 4.45. The van der Waals surface area contributed by atoms with E-state index in [0.717, 1.165) is 24.0 Å². The van der Waals surface area contributed by atoms with Crippen LogP contribution in [0.4, 0.5) is 4.39 Å². The van der Waals surface area contributed by atoms with Crippen molar-refractivity contribution in [2.24, 2.45) is 0 Å². The number of rotatable bonds is 7. The number of hydrogen-bond acceptors (Lipinski definition) is 3. The molecule has 3 atom stereocenters. The Hall–Kier alpha value is -2.21. The summed E-state index contributed by atoms with van der Waals surface area (Å²) in [4.78, 5) is 12.7. The number of aryl methyl sites for hydroxylation is 1. The third-order valence-corrected chi connectivity index (χ3v) is 4.69. The van der Waals surface area contributed by atoms with Crippen LogP contribution >= 0.6 is 0 Å². The van der Waals surface area contributed by atoms with E-state index in [-0.39, 0.29) is 29.8 Å². The minimum Gasteiger partial charge on any atom is -0.352 e. The summed E-state index contributed by atoms with van der Waals surface area (Å²) in [7, 11) is 0. The Kier molecular flexibility index (Phi) is 5.18. The quantitative estimate of drug-likeness (QED) is 0.812. The summed E-state index contributed by atoms with van der Waals surface area (Å²) in [6, 6.07) is 5.93. The van der Waals surface area contributed by atoms with Crippen LogP contribution in [0.25, 0.3) is 0 Å². The minimum absolute atomic E-state index is 0.000642. The van der Waals surface area contributed by atoms with E-state index < -0.39 is 6.04 Å². The Bertz CT molecular complexity index is 723. The van der Waals surface area contributed by atoms with Crippen LogP contribution < -0.4 is 10.6 Å². The van der Waals surface area contributed by atoms with Gasteiger partial charge >= 0.3 is 0 Å². The zero-order chi connectivity index (χ0) is 18.0. The number of halogens is 1. The highest BCUT2D eigenvalue weighted by Crippen LogP contribution is 2.23. The number of carbonyl (C=O) groups is 1. The van der Waals surface area contributed by atoms with Crippen LogP contribution in [-0.4, -0.2) is 27.8 Å². The lowest BCUT2D eigenvalue weighted by atomic mass is 10.0. The Morgan fingerprint density at radius 1 is 1.28 bits per heavy atom. The molecule has 0 radical (unpaired) electrons. The molecule has 1 aliphatic rings. The van der Waals surface area contributed by atoms with Gasteiger partial charge in [-0.15, -0.1) is 0 Å². The first-order valence-electron chi connectivity index (χ1n) is 8.76. The van der Waals surface area contributed by atoms with E-state index >= 15 is 0 Å². The van der Waals surface area contributed by atoms with Gasteiger partial charge in [0.1, 0.15) is 11.9 Å². The summed E-state index contributed by atoms with van der Waals surface area (Å²) in [6.45, 7) is 6.09. The lowest BCUT2D eigenvalue weighted by molar-refractivity contribution is -0.123. The van der Waals surface area contributed by atoms with Crippen LogP contribution in [0.3, 0.4) is 0 Å². The first-order valence-corrected chi connectivity index (χ1v) is 8.76. The van der Waals surface area contributed by atoms with Crippen molar-refractivity contribution in [1.29, 1.82) is 0 Å². The van der Waals surface area contributed by atoms with Crippen LogP contribution in [0.2, 0.25) is 0 Å². The third-order valence-electron chi connectivity index (χ3n) is 4.69. The lowest BCUT2D eigenvalue weighted by Crippen LogP contribution is -2.44. The molecule has 0 spiro atoms. The Morgan fingerprint density at radius 3 is 2.52 bits per heavy atom. The van der Waals surface area contributed by atoms with E-state index in [9.17, 15) is 9.18 Å². The number of amides is 1. The van der Waals surface area contributed by atoms with Gasteiger partial charge < -0.3 is 5.32 Å². The summed E-state index contributed by atoms with van der Waals surface area (Å²) in [5, 5.41) is 10.8. The van der Waals surface area contributed by atoms with Gasteiger partial charge in [-0.3, -0.25) is 14.8 Å². The molecule has 134 valence electrons. The maximum absolute atomic E-state index is 13.3. The Labute approximate surface area is 147 Å². The standard InChI is InChI=1S/C19H25FN4O/c1-12-10-21-24(11-12)14(3)13(2)22-18(19(25)23-17-8-9-17)15-4-6-16(20)7-5-15/h4-7,10-11,13-14,17-18,22H,8-9H2,1-3H3,(H,23,25)/t13-,14+,18-/m0/s1. The topological polar surface area (TPSA) is 59.0 Å². The fourth-order valence-corrected chi connectivity index (χ4v) is 2.78. The van der Waals surface area contributed by atoms with Crippen molar-refractivity contribution in [3.05, 3.63) is 53.6 Å². The van der Waals surface area contributed by atoms with Crippen molar-refractivity contribution in [2.45, 2.75) is 57.8 Å². The van der Waals surface area contributed by atoms with E-state index in [2.05, 4.69) is 22.7 Å². The molecule has 1 aromatic heterocycles. The summed E-state index contributed by atoms with van der Waals surface area (Å²) < 4.78 is 15.1. The molecule has 0 unspecified atom stereocenters. The lowest BCUT2D eigenvalue weighted by Gasteiger charge is -2.27. The highest BCUT2D eigenvalue weighted by atomic mass is 19.1. The number of aromatic nitrogens is 2. The molecule has 1 fully saturated rings. The number of nitrogens with one attached hydrogen (secondary N) is 2. The molecule has 1 saturated carbocycles. The highest BCUT2D eigenvalue weighted by molar-refractivity contribution is 5.83. The smallest absolute Gasteiger partial charge is 0.241 e. The molecule has 0 aliphatic heterocycles. The molecule has 1 aliphatic carbocycles. The van der Waals surface area contributed by atoms with E-state index in [0.29, 0.717) is 0 Å². The Balaban J connectivity index is 1.75. The van der Waals surface area contributed by atoms with Crippen LogP contribution in [0.15, 0.2) is 36.7 Å². The molecule has 1 aromatic carbocycles. The molecule has 6 heteroatoms. The van der Waals surface area contributed by atoms with Gasteiger partial charge in [-0.1, -0.05) is 12.1 Å². The maximum atomic E-state index is 13.3. The molecule has 0 saturated heterocycles. The van der Waals surface area contributed by atoms with Crippen molar-refractivity contribution < 1.29 is 9.18 Å². The molecule has 1 amide bonds. The molecular formula is C19H25FN4O. The molecule has 25 heavy (non-hydrogen) atoms. The summed E-state index contributed by atoms with van der Waals surface area (Å²) in [6.07, 6.45) is 5.86. The second-order valence-electron chi connectivity index (χ2n) is 6.96. The maximum Gasteiger partial charge on any atom is 0.241 e. The zero-order valence-electron chi connectivity index (χ0n) is 14.9. The van der Waals surface area contributed by atoms with Gasteiger partial charge in [0, 0.05) is 18.3 Å². The summed E-state index contributed by atoms with van der Waals surface area (Å²) in [5.41, 5.74) is 1.86. The van der Waals surface area contributed by atoms with Gasteiger partial charge in [-0.05, 0) is 56.9 Å². The monoisotopic (exact) mass is 344 g/mol. The SMILES string of the molecule is Cc1cnn([C@H](C)[C@H](C)N[C@H](C(=O)NC2CC2)c2ccc(F)cc2)c1. The fraction of sp³-hybridized carbons (Fsp3) is 0.474. The van der Waals surface area contributed by atoms with Crippen LogP contribution in [0.1, 0.15) is 49.9 Å². The van der Waals surface area contributed by atoms with Crippen molar-refractivity contribution >= 4 is 5.91 Å². The van der Waals surface area contributed by atoms with Gasteiger partial charge in [-0.25, -0.2) is 4.39 Å². The van der Waals surface area contributed by atoms with Gasteiger partial charge in [0.05, 0.1) is 12.2 Å². The van der Waals surface area contributed by atoms with Crippen molar-refractivity contribution in [3.63, 3.8) is 0 Å². The van der Waals surface area contributed by atoms with Crippen LogP contribution in [0.5, 0.6) is 0 Å². The summed E-state index contributed by atoms with van der Waals surface area (Å²) in [5.74, 6) is -0.372. The molecule has 5 nitrogen and oxygen atoms in total. The minimum atomic E-state index is -0.518. The molecule has 0 bridgehead atoms. The molecule has 2 N–H and O–H groups in total. The molecule has 3 rings (SSSR count). The predicted molar refractivity (Wildman–Crippen MR) is 94.6 cm³/mol. The number of nitrogens with zero attached hydrogens (tertiary/aromatic N) is 2. The number of carbonyl (C=O) groups excluding carboxylic acids is 1. The largest absolute Gasteiger partial charge is 0.352 e. The van der Waals surface area contributed by atoms with Gasteiger partial charge in [0.15, 0.2) is 0 Å². The van der Waals surface area contributed by atoms with Crippen molar-refractivity contribution in [2.75, 3.05) is 0 Å². The predicted octanol–water partition coefficient (Wildman–Crippen LogP) is 2.89. The Morgan fingerprint density at radius 2 is 1.96 bits per heavy atom. The zero-order valence-corrected chi connectivity index (χ0v) is 14.9. The molecule has 2 aromatic rings. The molecular weight excluding hydrogens is 319 g/mol. The van der Waals surface area contributed by atoms with Crippen molar-refractivity contribution in [3.8, 4) is 0 Å². The highest BCUT2D eigenvalue weighted by Gasteiger charge is 2.30. The van der Waals surface area contributed by atoms with Crippen LogP contribution in [-0.2, 0) is 4.79 Å². The fourth-order valence-electron chi connectivity index (χ4n) is 2.78. The molecule has 1 heterocycles. The average molecular weight is 344 g/mol. The van der Waals surface area contributed by atoms with Gasteiger partial charge in [0.25, 0.3) is 0 Å². The van der Waals surface area contributed by atoms with E-state index in [1.165, 1.54) is 12.1 Å². The van der Waals surface area contributed by atoms with Crippen molar-refractivity contribution in [1.82, 2.24) is 20.4 Å². The summed E-state index contributed by atoms with van der Waals surface area (Å²) >= 11 is 0. The van der Waals surface area contributed by atoms with Gasteiger partial charge in [0.2, 0.25) is 5.91 Å². The number of benzene rings is 1. The van der Waals surface area contributed by atoms with E-state index in [1.807, 2.05) is 30.9 Å². The average Bonchev–Trinajstić information content (AvgIpc) is 3.30. The van der Waals surface area contributed by atoms with E-state index in [4.69, 9.17) is 0 Å². The van der Waals surface area contributed by atoms with Crippen LogP contribution in [0, 0.1) is 12.7 Å². The second-order valence-corrected chi connectivity index (χ2v) is 6.96. The second kappa shape index (κ2) is 7.35. The van der Waals surface area contributed by atoms with E-state index in [1.54, 1.807) is 12.1 Å².